The van der Waals surface area contributed by atoms with E-state index in [4.69, 9.17) is 9.47 Å². The number of methoxy groups -OCH3 is 2. The molecule has 4 heteroatoms. The highest BCUT2D eigenvalue weighted by Gasteiger charge is 2.08. The van der Waals surface area contributed by atoms with E-state index in [2.05, 4.69) is 5.32 Å². The van der Waals surface area contributed by atoms with Gasteiger partial charge in [-0.1, -0.05) is 18.2 Å². The number of benzene rings is 2. The molecule has 4 nitrogen and oxygen atoms in total. The summed E-state index contributed by atoms with van der Waals surface area (Å²) in [5.41, 5.74) is 1.76. The van der Waals surface area contributed by atoms with Crippen LogP contribution in [0.2, 0.25) is 0 Å². The maximum Gasteiger partial charge on any atom is 0.224 e. The summed E-state index contributed by atoms with van der Waals surface area (Å²) in [4.78, 5) is 12.0. The predicted molar refractivity (Wildman–Crippen MR) is 82.9 cm³/mol. The van der Waals surface area contributed by atoms with Crippen LogP contribution >= 0.6 is 0 Å². The first-order valence-electron chi connectivity index (χ1n) is 6.78. The van der Waals surface area contributed by atoms with E-state index in [0.29, 0.717) is 12.8 Å². The molecule has 21 heavy (non-hydrogen) atoms. The van der Waals surface area contributed by atoms with Gasteiger partial charge in [-0.3, -0.25) is 4.79 Å². The smallest absolute Gasteiger partial charge is 0.224 e. The molecule has 1 N–H and O–H groups in total. The molecule has 0 unspecified atom stereocenters. The van der Waals surface area contributed by atoms with E-state index in [1.807, 2.05) is 48.5 Å². The molecule has 0 bridgehead atoms. The summed E-state index contributed by atoms with van der Waals surface area (Å²) < 4.78 is 10.5. The fraction of sp³-hybridized carbons (Fsp3) is 0.235. The number of anilines is 1. The number of rotatable bonds is 6. The van der Waals surface area contributed by atoms with Crippen molar-refractivity contribution in [3.63, 3.8) is 0 Å². The molecule has 1 amide bonds. The Labute approximate surface area is 124 Å². The van der Waals surface area contributed by atoms with Crippen molar-refractivity contribution < 1.29 is 14.3 Å². The largest absolute Gasteiger partial charge is 0.497 e. The molecule has 0 spiro atoms. The van der Waals surface area contributed by atoms with Crippen LogP contribution in [0.25, 0.3) is 0 Å². The monoisotopic (exact) mass is 285 g/mol. The zero-order chi connectivity index (χ0) is 15.1. The molecule has 0 aliphatic carbocycles. The van der Waals surface area contributed by atoms with E-state index < -0.39 is 0 Å². The van der Waals surface area contributed by atoms with Gasteiger partial charge < -0.3 is 14.8 Å². The van der Waals surface area contributed by atoms with Gasteiger partial charge in [0.1, 0.15) is 11.5 Å². The highest BCUT2D eigenvalue weighted by molar-refractivity contribution is 5.90. The summed E-state index contributed by atoms with van der Waals surface area (Å²) in [6.45, 7) is 0. The maximum atomic E-state index is 12.0. The minimum atomic E-state index is -0.0222. The van der Waals surface area contributed by atoms with Crippen LogP contribution in [0.1, 0.15) is 12.0 Å². The number of para-hydroxylation sites is 1. The van der Waals surface area contributed by atoms with Gasteiger partial charge in [0.2, 0.25) is 5.91 Å². The van der Waals surface area contributed by atoms with Crippen LogP contribution in [0, 0.1) is 0 Å². The molecule has 0 saturated heterocycles. The average molecular weight is 285 g/mol. The van der Waals surface area contributed by atoms with Crippen molar-refractivity contribution in [2.45, 2.75) is 12.8 Å². The molecule has 2 rings (SSSR count). The zero-order valence-corrected chi connectivity index (χ0v) is 12.3. The highest BCUT2D eigenvalue weighted by Crippen LogP contribution is 2.25. The lowest BCUT2D eigenvalue weighted by atomic mass is 10.1. The van der Waals surface area contributed by atoms with E-state index in [0.717, 1.165) is 22.7 Å². The Bertz CT molecular complexity index is 596. The summed E-state index contributed by atoms with van der Waals surface area (Å²) in [5, 5.41) is 2.87. The number of ether oxygens (including phenoxy) is 2. The standard InChI is InChI=1S/C17H19NO3/c1-20-15-9-10-16(21-2)13(12-15)8-11-17(19)18-14-6-4-3-5-7-14/h3-7,9-10,12H,8,11H2,1-2H3,(H,18,19). The summed E-state index contributed by atoms with van der Waals surface area (Å²) in [7, 11) is 3.24. The summed E-state index contributed by atoms with van der Waals surface area (Å²) in [5.74, 6) is 1.50. The number of carbonyl (C=O) groups excluding carboxylic acids is 1. The van der Waals surface area contributed by atoms with Gasteiger partial charge >= 0.3 is 0 Å². The molecule has 2 aromatic rings. The topological polar surface area (TPSA) is 47.6 Å². The third-order valence-corrected chi connectivity index (χ3v) is 3.17. The third-order valence-electron chi connectivity index (χ3n) is 3.17. The normalized spacial score (nSPS) is 10.0. The number of nitrogens with one attached hydrogen (secondary N) is 1. The van der Waals surface area contributed by atoms with Crippen LogP contribution < -0.4 is 14.8 Å². The van der Waals surface area contributed by atoms with Gasteiger partial charge in [0.15, 0.2) is 0 Å². The number of aryl methyl sites for hydroxylation is 1. The minimum absolute atomic E-state index is 0.0222. The number of hydrogen-bond acceptors (Lipinski definition) is 3. The van der Waals surface area contributed by atoms with Gasteiger partial charge in [0.05, 0.1) is 14.2 Å². The van der Waals surface area contributed by atoms with Gasteiger partial charge in [-0.25, -0.2) is 0 Å². The molecule has 0 saturated carbocycles. The van der Waals surface area contributed by atoms with Gasteiger partial charge in [-0.2, -0.15) is 0 Å². The lowest BCUT2D eigenvalue weighted by Crippen LogP contribution is -2.12. The molecule has 110 valence electrons. The molecule has 0 aliphatic heterocycles. The van der Waals surface area contributed by atoms with Crippen LogP contribution in [0.3, 0.4) is 0 Å². The summed E-state index contributed by atoms with van der Waals surface area (Å²) >= 11 is 0. The van der Waals surface area contributed by atoms with Crippen LogP contribution in [-0.4, -0.2) is 20.1 Å². The van der Waals surface area contributed by atoms with E-state index >= 15 is 0 Å². The quantitative estimate of drug-likeness (QED) is 0.886. The number of amides is 1. The Balaban J connectivity index is 1.97. The molecule has 2 aromatic carbocycles. The van der Waals surface area contributed by atoms with Crippen LogP contribution in [0.5, 0.6) is 11.5 Å². The fourth-order valence-electron chi connectivity index (χ4n) is 2.07. The van der Waals surface area contributed by atoms with Crippen LogP contribution in [-0.2, 0) is 11.2 Å². The van der Waals surface area contributed by atoms with Crippen molar-refractivity contribution in [2.75, 3.05) is 19.5 Å². The van der Waals surface area contributed by atoms with E-state index in [9.17, 15) is 4.79 Å². The first kappa shape index (κ1) is 14.9. The Morgan fingerprint density at radius 3 is 2.48 bits per heavy atom. The Kier molecular flexibility index (Phi) is 5.21. The molecule has 0 heterocycles. The average Bonchev–Trinajstić information content (AvgIpc) is 2.53. The highest BCUT2D eigenvalue weighted by atomic mass is 16.5. The molecule has 0 aromatic heterocycles. The fourth-order valence-corrected chi connectivity index (χ4v) is 2.07. The summed E-state index contributed by atoms with van der Waals surface area (Å²) in [6.07, 6.45) is 0.984. The number of hydrogen-bond donors (Lipinski definition) is 1. The molecule has 0 radical (unpaired) electrons. The first-order chi connectivity index (χ1) is 10.2. The van der Waals surface area contributed by atoms with Gasteiger partial charge in [0, 0.05) is 12.1 Å². The maximum absolute atomic E-state index is 12.0. The molecule has 0 fully saturated rings. The first-order valence-corrected chi connectivity index (χ1v) is 6.78. The zero-order valence-electron chi connectivity index (χ0n) is 12.3. The van der Waals surface area contributed by atoms with Crippen molar-refractivity contribution in [2.24, 2.45) is 0 Å². The van der Waals surface area contributed by atoms with Crippen LogP contribution in [0.15, 0.2) is 48.5 Å². The third kappa shape index (κ3) is 4.24. The van der Waals surface area contributed by atoms with Crippen LogP contribution in [0.4, 0.5) is 5.69 Å². The number of carbonyl (C=O) groups is 1. The lowest BCUT2D eigenvalue weighted by molar-refractivity contribution is -0.116. The van der Waals surface area contributed by atoms with Crippen molar-refractivity contribution in [3.8, 4) is 11.5 Å². The SMILES string of the molecule is COc1ccc(OC)c(CCC(=O)Nc2ccccc2)c1. The second-order valence-corrected chi connectivity index (χ2v) is 4.59. The van der Waals surface area contributed by atoms with E-state index in [-0.39, 0.29) is 5.91 Å². The van der Waals surface area contributed by atoms with Gasteiger partial charge in [-0.15, -0.1) is 0 Å². The van der Waals surface area contributed by atoms with E-state index in [1.54, 1.807) is 14.2 Å². The molecule has 0 aliphatic rings. The Morgan fingerprint density at radius 2 is 1.81 bits per heavy atom. The molecule has 0 atom stereocenters. The van der Waals surface area contributed by atoms with E-state index in [1.165, 1.54) is 0 Å². The second-order valence-electron chi connectivity index (χ2n) is 4.59. The Morgan fingerprint density at radius 1 is 1.05 bits per heavy atom. The van der Waals surface area contributed by atoms with Crippen molar-refractivity contribution in [3.05, 3.63) is 54.1 Å². The minimum Gasteiger partial charge on any atom is -0.497 e. The van der Waals surface area contributed by atoms with Crippen molar-refractivity contribution >= 4 is 11.6 Å². The van der Waals surface area contributed by atoms with Gasteiger partial charge in [0.25, 0.3) is 0 Å². The molecular weight excluding hydrogens is 266 g/mol. The summed E-state index contributed by atoms with van der Waals surface area (Å²) in [6, 6.07) is 15.0. The van der Waals surface area contributed by atoms with Crippen molar-refractivity contribution in [1.29, 1.82) is 0 Å². The molecular formula is C17H19NO3. The van der Waals surface area contributed by atoms with Gasteiger partial charge in [-0.05, 0) is 42.3 Å². The second kappa shape index (κ2) is 7.33. The lowest BCUT2D eigenvalue weighted by Gasteiger charge is -2.10. The van der Waals surface area contributed by atoms with Crippen molar-refractivity contribution in [1.82, 2.24) is 0 Å². The Hall–Kier alpha value is -2.49. The predicted octanol–water partition coefficient (Wildman–Crippen LogP) is 3.28.